The zero-order valence-corrected chi connectivity index (χ0v) is 12.2. The molecule has 1 aliphatic carbocycles. The Bertz CT molecular complexity index is 423. The van der Waals surface area contributed by atoms with Crippen LogP contribution in [0, 0.1) is 5.92 Å². The lowest BCUT2D eigenvalue weighted by atomic mass is 9.91. The smallest absolute Gasteiger partial charge is 0.303 e. The maximum absolute atomic E-state index is 10.7. The van der Waals surface area contributed by atoms with Gasteiger partial charge in [0.1, 0.15) is 0 Å². The standard InChI is InChI=1S/C15H24N2O3/c1-11(10-14(18)19)9-13-16-17-15(20-13)12-7-5-3-2-4-6-8-12/h11-12H,2-10H2,1H3,(H,18,19). The minimum atomic E-state index is -0.780. The van der Waals surface area contributed by atoms with Gasteiger partial charge in [-0.05, 0) is 18.8 Å². The van der Waals surface area contributed by atoms with Crippen molar-refractivity contribution in [3.05, 3.63) is 11.8 Å². The third-order valence-corrected chi connectivity index (χ3v) is 3.98. The van der Waals surface area contributed by atoms with Crippen molar-refractivity contribution in [1.29, 1.82) is 0 Å². The molecule has 1 saturated carbocycles. The molecule has 0 aliphatic heterocycles. The Morgan fingerprint density at radius 2 is 1.90 bits per heavy atom. The maximum atomic E-state index is 10.7. The molecule has 0 spiro atoms. The average Bonchev–Trinajstić information content (AvgIpc) is 2.75. The predicted octanol–water partition coefficient (Wildman–Crippen LogP) is 3.55. The van der Waals surface area contributed by atoms with Gasteiger partial charge in [-0.2, -0.15) is 0 Å². The molecule has 0 bridgehead atoms. The number of aliphatic carboxylic acids is 1. The van der Waals surface area contributed by atoms with Gasteiger partial charge in [0.05, 0.1) is 0 Å². The van der Waals surface area contributed by atoms with Gasteiger partial charge in [-0.1, -0.05) is 39.0 Å². The van der Waals surface area contributed by atoms with Crippen molar-refractivity contribution in [2.45, 2.75) is 70.6 Å². The van der Waals surface area contributed by atoms with E-state index in [1.54, 1.807) is 0 Å². The molecule has 1 atom stereocenters. The molecule has 5 heteroatoms. The van der Waals surface area contributed by atoms with Crippen molar-refractivity contribution in [2.75, 3.05) is 0 Å². The lowest BCUT2D eigenvalue weighted by molar-refractivity contribution is -0.137. The van der Waals surface area contributed by atoms with E-state index in [9.17, 15) is 4.79 Å². The van der Waals surface area contributed by atoms with Crippen LogP contribution in [0.4, 0.5) is 0 Å². The normalized spacial score (nSPS) is 19.2. The molecular weight excluding hydrogens is 256 g/mol. The second-order valence-corrected chi connectivity index (χ2v) is 5.98. The van der Waals surface area contributed by atoms with Crippen molar-refractivity contribution in [3.63, 3.8) is 0 Å². The first-order valence-electron chi connectivity index (χ1n) is 7.69. The summed E-state index contributed by atoms with van der Waals surface area (Å²) in [5.41, 5.74) is 0. The zero-order valence-electron chi connectivity index (χ0n) is 12.2. The van der Waals surface area contributed by atoms with Crippen LogP contribution in [-0.4, -0.2) is 21.3 Å². The van der Waals surface area contributed by atoms with E-state index in [0.717, 1.165) is 18.7 Å². The van der Waals surface area contributed by atoms with Crippen LogP contribution in [-0.2, 0) is 11.2 Å². The van der Waals surface area contributed by atoms with Gasteiger partial charge in [0.2, 0.25) is 11.8 Å². The van der Waals surface area contributed by atoms with Gasteiger partial charge in [0.15, 0.2) is 0 Å². The summed E-state index contributed by atoms with van der Waals surface area (Å²) >= 11 is 0. The molecule has 0 aromatic carbocycles. The van der Waals surface area contributed by atoms with Gasteiger partial charge in [-0.15, -0.1) is 10.2 Å². The molecule has 20 heavy (non-hydrogen) atoms. The van der Waals surface area contributed by atoms with Gasteiger partial charge in [-0.25, -0.2) is 0 Å². The van der Waals surface area contributed by atoms with E-state index in [4.69, 9.17) is 9.52 Å². The molecule has 1 aromatic heterocycles. The Morgan fingerprint density at radius 1 is 1.25 bits per heavy atom. The monoisotopic (exact) mass is 280 g/mol. The van der Waals surface area contributed by atoms with Gasteiger partial charge >= 0.3 is 5.97 Å². The van der Waals surface area contributed by atoms with E-state index in [1.165, 1.54) is 32.1 Å². The number of hydrogen-bond acceptors (Lipinski definition) is 4. The second kappa shape index (κ2) is 7.41. The summed E-state index contributed by atoms with van der Waals surface area (Å²) in [6, 6.07) is 0. The maximum Gasteiger partial charge on any atom is 0.303 e. The van der Waals surface area contributed by atoms with Crippen molar-refractivity contribution in [3.8, 4) is 0 Å². The molecule has 1 aromatic rings. The Balaban J connectivity index is 1.91. The summed E-state index contributed by atoms with van der Waals surface area (Å²) in [6.07, 6.45) is 9.36. The lowest BCUT2D eigenvalue weighted by Gasteiger charge is -2.15. The van der Waals surface area contributed by atoms with Crippen molar-refractivity contribution < 1.29 is 14.3 Å². The Labute approximate surface area is 119 Å². The molecule has 1 fully saturated rings. The number of carbonyl (C=O) groups is 1. The molecule has 112 valence electrons. The number of carboxylic acids is 1. The van der Waals surface area contributed by atoms with Crippen molar-refractivity contribution in [2.24, 2.45) is 5.92 Å². The third-order valence-electron chi connectivity index (χ3n) is 3.98. The lowest BCUT2D eigenvalue weighted by Crippen LogP contribution is -2.07. The van der Waals surface area contributed by atoms with E-state index in [-0.39, 0.29) is 12.3 Å². The van der Waals surface area contributed by atoms with Crippen LogP contribution in [0.15, 0.2) is 4.42 Å². The van der Waals surface area contributed by atoms with Crippen LogP contribution in [0.1, 0.15) is 76.0 Å². The highest BCUT2D eigenvalue weighted by Crippen LogP contribution is 2.30. The molecular formula is C15H24N2O3. The molecule has 0 amide bonds. The highest BCUT2D eigenvalue weighted by atomic mass is 16.4. The quantitative estimate of drug-likeness (QED) is 0.892. The van der Waals surface area contributed by atoms with Crippen molar-refractivity contribution >= 4 is 5.97 Å². The predicted molar refractivity (Wildman–Crippen MR) is 74.5 cm³/mol. The fourth-order valence-electron chi connectivity index (χ4n) is 2.89. The number of rotatable bonds is 5. The van der Waals surface area contributed by atoms with Crippen LogP contribution in [0.5, 0.6) is 0 Å². The minimum Gasteiger partial charge on any atom is -0.481 e. The first kappa shape index (κ1) is 15.0. The minimum absolute atomic E-state index is 0.0260. The van der Waals surface area contributed by atoms with Crippen LogP contribution in [0.25, 0.3) is 0 Å². The zero-order chi connectivity index (χ0) is 14.4. The molecule has 0 radical (unpaired) electrons. The summed E-state index contributed by atoms with van der Waals surface area (Å²) in [7, 11) is 0. The Morgan fingerprint density at radius 3 is 2.55 bits per heavy atom. The first-order chi connectivity index (χ1) is 9.65. The van der Waals surface area contributed by atoms with E-state index in [0.29, 0.717) is 18.2 Å². The van der Waals surface area contributed by atoms with Gasteiger partial charge < -0.3 is 9.52 Å². The largest absolute Gasteiger partial charge is 0.481 e. The number of hydrogen-bond donors (Lipinski definition) is 1. The molecule has 1 aliphatic rings. The SMILES string of the molecule is CC(CC(=O)O)Cc1nnc(C2CCCCCCC2)o1. The summed E-state index contributed by atoms with van der Waals surface area (Å²) in [6.45, 7) is 1.90. The Kier molecular flexibility index (Phi) is 5.56. The number of nitrogens with zero attached hydrogens (tertiary/aromatic N) is 2. The van der Waals surface area contributed by atoms with E-state index in [1.807, 2.05) is 6.92 Å². The van der Waals surface area contributed by atoms with Gasteiger partial charge in [-0.3, -0.25) is 4.79 Å². The first-order valence-corrected chi connectivity index (χ1v) is 7.69. The topological polar surface area (TPSA) is 76.2 Å². The van der Waals surface area contributed by atoms with Crippen LogP contribution in [0.2, 0.25) is 0 Å². The van der Waals surface area contributed by atoms with E-state index in [2.05, 4.69) is 10.2 Å². The van der Waals surface area contributed by atoms with Gasteiger partial charge in [0, 0.05) is 18.8 Å². The summed E-state index contributed by atoms with van der Waals surface area (Å²) in [5.74, 6) is 0.974. The fraction of sp³-hybridized carbons (Fsp3) is 0.800. The average molecular weight is 280 g/mol. The molecule has 1 unspecified atom stereocenters. The third kappa shape index (κ3) is 4.62. The fourth-order valence-corrected chi connectivity index (χ4v) is 2.89. The Hall–Kier alpha value is -1.39. The van der Waals surface area contributed by atoms with Gasteiger partial charge in [0.25, 0.3) is 0 Å². The van der Waals surface area contributed by atoms with Crippen LogP contribution in [0.3, 0.4) is 0 Å². The molecule has 1 heterocycles. The van der Waals surface area contributed by atoms with Crippen LogP contribution >= 0.6 is 0 Å². The molecule has 2 rings (SSSR count). The molecule has 0 saturated heterocycles. The summed E-state index contributed by atoms with van der Waals surface area (Å²) in [4.78, 5) is 10.7. The van der Waals surface area contributed by atoms with E-state index < -0.39 is 5.97 Å². The number of aromatic nitrogens is 2. The van der Waals surface area contributed by atoms with Crippen molar-refractivity contribution in [1.82, 2.24) is 10.2 Å². The number of carboxylic acid groups (broad SMARTS) is 1. The summed E-state index contributed by atoms with van der Waals surface area (Å²) < 4.78 is 5.76. The molecule has 5 nitrogen and oxygen atoms in total. The highest BCUT2D eigenvalue weighted by Gasteiger charge is 2.20. The van der Waals surface area contributed by atoms with Crippen LogP contribution < -0.4 is 0 Å². The van der Waals surface area contributed by atoms with E-state index >= 15 is 0 Å². The highest BCUT2D eigenvalue weighted by molar-refractivity contribution is 5.66. The molecule has 1 N–H and O–H groups in total. The summed E-state index contributed by atoms with van der Waals surface area (Å²) in [5, 5.41) is 17.0. The second-order valence-electron chi connectivity index (χ2n) is 5.98.